The van der Waals surface area contributed by atoms with Crippen molar-refractivity contribution in [2.24, 2.45) is 0 Å². The summed E-state index contributed by atoms with van der Waals surface area (Å²) in [5.41, 5.74) is 2.78. The van der Waals surface area contributed by atoms with Gasteiger partial charge in [-0.3, -0.25) is 9.88 Å². The van der Waals surface area contributed by atoms with E-state index in [1.807, 2.05) is 24.3 Å². The second kappa shape index (κ2) is 6.39. The fraction of sp³-hybridized carbons (Fsp3) is 0.438. The van der Waals surface area contributed by atoms with Gasteiger partial charge in [0.1, 0.15) is 0 Å². The first-order valence-corrected chi connectivity index (χ1v) is 7.39. The topological polar surface area (TPSA) is 59.8 Å². The van der Waals surface area contributed by atoms with Crippen LogP contribution in [0.2, 0.25) is 0 Å². The summed E-state index contributed by atoms with van der Waals surface area (Å²) in [7, 11) is 0. The van der Waals surface area contributed by atoms with Crippen LogP contribution in [0.5, 0.6) is 0 Å². The quantitative estimate of drug-likeness (QED) is 0.873. The highest BCUT2D eigenvalue weighted by Gasteiger charge is 2.19. The van der Waals surface area contributed by atoms with Gasteiger partial charge in [0.05, 0.1) is 24.4 Å². The summed E-state index contributed by atoms with van der Waals surface area (Å²) in [6.45, 7) is 4.68. The number of anilines is 1. The number of nitrogens with zero attached hydrogens (tertiary/aromatic N) is 3. The Labute approximate surface area is 124 Å². The molecule has 21 heavy (non-hydrogen) atoms. The second-order valence-electron chi connectivity index (χ2n) is 5.36. The summed E-state index contributed by atoms with van der Waals surface area (Å²) in [6.07, 6.45) is 0. The minimum atomic E-state index is -0.0394. The molecule has 1 aliphatic rings. The molecule has 5 nitrogen and oxygen atoms in total. The lowest BCUT2D eigenvalue weighted by Gasteiger charge is -2.36. The van der Waals surface area contributed by atoms with Crippen LogP contribution in [0.15, 0.2) is 30.3 Å². The summed E-state index contributed by atoms with van der Waals surface area (Å²) >= 11 is 0. The van der Waals surface area contributed by atoms with Crippen LogP contribution in [-0.2, 0) is 6.61 Å². The third-order valence-electron chi connectivity index (χ3n) is 4.04. The average molecular weight is 287 g/mol. The molecular formula is C16H21N3O2. The van der Waals surface area contributed by atoms with E-state index in [1.54, 1.807) is 0 Å². The standard InChI is InChI=1S/C16H21N3O2/c20-10-9-18-5-7-19(8-6-18)16-11-13(12-21)17-15-4-2-1-3-14(15)16/h1-4,11,20-21H,5-10,12H2. The number of aromatic nitrogens is 1. The molecule has 112 valence electrons. The first kappa shape index (κ1) is 14.3. The van der Waals surface area contributed by atoms with Crippen molar-refractivity contribution in [1.82, 2.24) is 9.88 Å². The average Bonchev–Trinajstić information content (AvgIpc) is 2.55. The Kier molecular flexibility index (Phi) is 4.34. The van der Waals surface area contributed by atoms with E-state index in [4.69, 9.17) is 5.11 Å². The van der Waals surface area contributed by atoms with Crippen LogP contribution < -0.4 is 4.90 Å². The van der Waals surface area contributed by atoms with E-state index in [0.29, 0.717) is 5.69 Å². The van der Waals surface area contributed by atoms with Crippen molar-refractivity contribution in [2.45, 2.75) is 6.61 Å². The van der Waals surface area contributed by atoms with Gasteiger partial charge in [0.25, 0.3) is 0 Å². The molecule has 0 bridgehead atoms. The van der Waals surface area contributed by atoms with Gasteiger partial charge >= 0.3 is 0 Å². The molecule has 1 aliphatic heterocycles. The number of para-hydroxylation sites is 1. The molecule has 2 N–H and O–H groups in total. The van der Waals surface area contributed by atoms with Gasteiger partial charge in [0, 0.05) is 43.8 Å². The van der Waals surface area contributed by atoms with E-state index in [2.05, 4.69) is 20.9 Å². The molecule has 0 unspecified atom stereocenters. The van der Waals surface area contributed by atoms with Crippen molar-refractivity contribution in [2.75, 3.05) is 44.2 Å². The van der Waals surface area contributed by atoms with Crippen molar-refractivity contribution in [3.05, 3.63) is 36.0 Å². The van der Waals surface area contributed by atoms with Gasteiger partial charge in [0.2, 0.25) is 0 Å². The summed E-state index contributed by atoms with van der Waals surface area (Å²) in [6, 6.07) is 10.1. The molecule has 0 saturated carbocycles. The lowest BCUT2D eigenvalue weighted by Crippen LogP contribution is -2.47. The predicted octanol–water partition coefficient (Wildman–Crippen LogP) is 0.841. The van der Waals surface area contributed by atoms with Crippen LogP contribution >= 0.6 is 0 Å². The molecule has 5 heteroatoms. The molecule has 1 fully saturated rings. The van der Waals surface area contributed by atoms with E-state index in [1.165, 1.54) is 0 Å². The zero-order valence-corrected chi connectivity index (χ0v) is 12.1. The number of pyridine rings is 1. The largest absolute Gasteiger partial charge is 0.395 e. The Morgan fingerprint density at radius 1 is 1.05 bits per heavy atom. The molecular weight excluding hydrogens is 266 g/mol. The molecule has 2 heterocycles. The van der Waals surface area contributed by atoms with Gasteiger partial charge in [-0.15, -0.1) is 0 Å². The molecule has 2 aromatic rings. The highest BCUT2D eigenvalue weighted by molar-refractivity contribution is 5.92. The maximum atomic E-state index is 9.41. The molecule has 0 atom stereocenters. The van der Waals surface area contributed by atoms with E-state index >= 15 is 0 Å². The Morgan fingerprint density at radius 3 is 2.52 bits per heavy atom. The molecule has 0 radical (unpaired) electrons. The normalized spacial score (nSPS) is 16.6. The maximum Gasteiger partial charge on any atom is 0.0854 e. The molecule has 1 aromatic carbocycles. The Morgan fingerprint density at radius 2 is 1.81 bits per heavy atom. The Hall–Kier alpha value is -1.69. The lowest BCUT2D eigenvalue weighted by molar-refractivity contribution is 0.189. The van der Waals surface area contributed by atoms with Crippen molar-refractivity contribution in [3.63, 3.8) is 0 Å². The lowest BCUT2D eigenvalue weighted by atomic mass is 10.1. The van der Waals surface area contributed by atoms with Crippen LogP contribution in [0.3, 0.4) is 0 Å². The molecule has 1 aromatic heterocycles. The van der Waals surface area contributed by atoms with Crippen LogP contribution in [0.25, 0.3) is 10.9 Å². The number of benzene rings is 1. The van der Waals surface area contributed by atoms with Gasteiger partial charge < -0.3 is 15.1 Å². The smallest absolute Gasteiger partial charge is 0.0854 e. The fourth-order valence-corrected chi connectivity index (χ4v) is 2.91. The van der Waals surface area contributed by atoms with E-state index in [9.17, 15) is 5.11 Å². The minimum Gasteiger partial charge on any atom is -0.395 e. The number of aliphatic hydroxyl groups is 2. The molecule has 1 saturated heterocycles. The number of β-amino-alcohol motifs (C(OH)–C–C–N with tert-alkyl or cyclic N) is 1. The van der Waals surface area contributed by atoms with Gasteiger partial charge in [-0.25, -0.2) is 0 Å². The van der Waals surface area contributed by atoms with Gasteiger partial charge in [-0.1, -0.05) is 18.2 Å². The van der Waals surface area contributed by atoms with Crippen molar-refractivity contribution < 1.29 is 10.2 Å². The van der Waals surface area contributed by atoms with Crippen LogP contribution in [0.1, 0.15) is 5.69 Å². The maximum absolute atomic E-state index is 9.41. The number of rotatable bonds is 4. The summed E-state index contributed by atoms with van der Waals surface area (Å²) in [4.78, 5) is 9.09. The first-order valence-electron chi connectivity index (χ1n) is 7.39. The van der Waals surface area contributed by atoms with Gasteiger partial charge in [-0.2, -0.15) is 0 Å². The number of piperazine rings is 1. The van der Waals surface area contributed by atoms with Crippen molar-refractivity contribution in [3.8, 4) is 0 Å². The molecule has 0 aliphatic carbocycles. The third kappa shape index (κ3) is 3.00. The van der Waals surface area contributed by atoms with E-state index < -0.39 is 0 Å². The first-order chi connectivity index (χ1) is 10.3. The third-order valence-corrected chi connectivity index (χ3v) is 4.04. The second-order valence-corrected chi connectivity index (χ2v) is 5.36. The zero-order chi connectivity index (χ0) is 14.7. The highest BCUT2D eigenvalue weighted by atomic mass is 16.3. The molecule has 3 rings (SSSR count). The van der Waals surface area contributed by atoms with Gasteiger partial charge in [-0.05, 0) is 12.1 Å². The van der Waals surface area contributed by atoms with Crippen LogP contribution in [-0.4, -0.2) is 59.4 Å². The van der Waals surface area contributed by atoms with Crippen LogP contribution in [0.4, 0.5) is 5.69 Å². The Balaban J connectivity index is 1.89. The Bertz CT molecular complexity index is 609. The minimum absolute atomic E-state index is 0.0394. The molecule has 0 spiro atoms. The predicted molar refractivity (Wildman–Crippen MR) is 83.4 cm³/mol. The van der Waals surface area contributed by atoms with Crippen molar-refractivity contribution >= 4 is 16.6 Å². The SMILES string of the molecule is OCCN1CCN(c2cc(CO)nc3ccccc23)CC1. The van der Waals surface area contributed by atoms with E-state index in [0.717, 1.165) is 49.3 Å². The van der Waals surface area contributed by atoms with Crippen LogP contribution in [0, 0.1) is 0 Å². The summed E-state index contributed by atoms with van der Waals surface area (Å²) in [5.74, 6) is 0. The molecule has 0 amide bonds. The zero-order valence-electron chi connectivity index (χ0n) is 12.1. The number of hydrogen-bond donors (Lipinski definition) is 2. The fourth-order valence-electron chi connectivity index (χ4n) is 2.91. The monoisotopic (exact) mass is 287 g/mol. The van der Waals surface area contributed by atoms with E-state index in [-0.39, 0.29) is 13.2 Å². The van der Waals surface area contributed by atoms with Gasteiger partial charge in [0.15, 0.2) is 0 Å². The summed E-state index contributed by atoms with van der Waals surface area (Å²) in [5, 5.41) is 19.6. The number of hydrogen-bond acceptors (Lipinski definition) is 5. The number of aliphatic hydroxyl groups excluding tert-OH is 2. The summed E-state index contributed by atoms with van der Waals surface area (Å²) < 4.78 is 0. The van der Waals surface area contributed by atoms with Crippen molar-refractivity contribution in [1.29, 1.82) is 0 Å². The number of fused-ring (bicyclic) bond motifs is 1. The highest BCUT2D eigenvalue weighted by Crippen LogP contribution is 2.27.